The number of carbonyl (C=O) groups excluding carboxylic acids is 1. The van der Waals surface area contributed by atoms with E-state index in [2.05, 4.69) is 4.74 Å². The lowest BCUT2D eigenvalue weighted by Gasteiger charge is -2.20. The molecule has 1 aliphatic carbocycles. The first kappa shape index (κ1) is 22.4. The van der Waals surface area contributed by atoms with Crippen LogP contribution in [0.25, 0.3) is 0 Å². The van der Waals surface area contributed by atoms with E-state index in [4.69, 9.17) is 9.92 Å². The van der Waals surface area contributed by atoms with Crippen LogP contribution in [0.1, 0.15) is 59.9 Å². The summed E-state index contributed by atoms with van der Waals surface area (Å²) in [6.07, 6.45) is 5.10. The van der Waals surface area contributed by atoms with Crippen molar-refractivity contribution in [2.45, 2.75) is 70.3 Å². The van der Waals surface area contributed by atoms with Gasteiger partial charge in [-0.2, -0.15) is 8.42 Å². The Labute approximate surface area is 158 Å². The summed E-state index contributed by atoms with van der Waals surface area (Å²) < 4.78 is 33.7. The van der Waals surface area contributed by atoms with E-state index in [0.29, 0.717) is 12.5 Å². The predicted molar refractivity (Wildman–Crippen MR) is 103 cm³/mol. The van der Waals surface area contributed by atoms with Crippen LogP contribution in [0, 0.1) is 12.8 Å². The molecule has 1 aromatic carbocycles. The first-order valence-corrected chi connectivity index (χ1v) is 10.3. The highest BCUT2D eigenvalue weighted by molar-refractivity contribution is 7.86. The van der Waals surface area contributed by atoms with Crippen LogP contribution < -0.4 is 5.73 Å². The maximum atomic E-state index is 12.0. The molecule has 0 saturated heterocycles. The lowest BCUT2D eigenvalue weighted by atomic mass is 9.90. The molecule has 7 heteroatoms. The normalized spacial score (nSPS) is 15.7. The Kier molecular flexibility index (Phi) is 8.56. The van der Waals surface area contributed by atoms with Crippen molar-refractivity contribution in [1.29, 1.82) is 0 Å². The van der Waals surface area contributed by atoms with E-state index >= 15 is 0 Å². The standard InChI is InChI=1S/C14H20O3S.C5H11NO2.H2/c1-12-7-9-14(10-8-12)18(15,16)17-11-13-5-3-2-4-6-13;1-5(2,3)8-4(6)7;/h7-10,13H,2-6,11H2,1H3;1-3H3,(H2,6,7);1H. The predicted octanol–water partition coefficient (Wildman–Crippen LogP) is 4.41. The smallest absolute Gasteiger partial charge is 0.405 e. The number of carbonyl (C=O) groups is 1. The molecule has 0 atom stereocenters. The monoisotopic (exact) mass is 387 g/mol. The zero-order valence-corrected chi connectivity index (χ0v) is 17.0. The number of nitrogens with two attached hydrogens (primary N) is 1. The second-order valence-electron chi connectivity index (χ2n) is 7.59. The van der Waals surface area contributed by atoms with Crippen molar-refractivity contribution in [2.75, 3.05) is 6.61 Å². The van der Waals surface area contributed by atoms with Crippen LogP contribution in [0.5, 0.6) is 0 Å². The zero-order valence-electron chi connectivity index (χ0n) is 16.2. The summed E-state index contributed by atoms with van der Waals surface area (Å²) in [5, 5.41) is 0. The molecule has 0 unspecified atom stereocenters. The summed E-state index contributed by atoms with van der Waals surface area (Å²) in [4.78, 5) is 10.3. The van der Waals surface area contributed by atoms with Gasteiger partial charge in [0.15, 0.2) is 0 Å². The van der Waals surface area contributed by atoms with Gasteiger partial charge in [0.2, 0.25) is 0 Å². The Balaban J connectivity index is 0.000000645. The van der Waals surface area contributed by atoms with Crippen LogP contribution in [-0.4, -0.2) is 26.7 Å². The molecule has 0 heterocycles. The number of ether oxygens (including phenoxy) is 1. The summed E-state index contributed by atoms with van der Waals surface area (Å²) in [5.41, 5.74) is 5.31. The van der Waals surface area contributed by atoms with Crippen LogP contribution in [0.2, 0.25) is 0 Å². The fourth-order valence-corrected chi connectivity index (χ4v) is 3.59. The Bertz CT molecular complexity index is 662. The number of rotatable bonds is 4. The number of amides is 1. The zero-order chi connectivity index (χ0) is 19.8. The maximum absolute atomic E-state index is 12.0. The third kappa shape index (κ3) is 9.20. The van der Waals surface area contributed by atoms with E-state index in [9.17, 15) is 13.2 Å². The summed E-state index contributed by atoms with van der Waals surface area (Å²) in [6.45, 7) is 7.54. The highest BCUT2D eigenvalue weighted by Crippen LogP contribution is 2.25. The quantitative estimate of drug-likeness (QED) is 0.772. The number of hydrogen-bond acceptors (Lipinski definition) is 5. The Hall–Kier alpha value is -1.60. The van der Waals surface area contributed by atoms with Gasteiger partial charge in [-0.15, -0.1) is 0 Å². The number of hydrogen-bond donors (Lipinski definition) is 1. The SMILES string of the molecule is CC(C)(C)OC(N)=O.Cc1ccc(S(=O)(=O)OCC2CCCCC2)cc1.[HH]. The summed E-state index contributed by atoms with van der Waals surface area (Å²) >= 11 is 0. The topological polar surface area (TPSA) is 95.7 Å². The van der Waals surface area contributed by atoms with Gasteiger partial charge in [0, 0.05) is 1.43 Å². The molecule has 6 nitrogen and oxygen atoms in total. The van der Waals surface area contributed by atoms with Gasteiger partial charge in [0.05, 0.1) is 11.5 Å². The molecule has 150 valence electrons. The minimum Gasteiger partial charge on any atom is -0.444 e. The first-order chi connectivity index (χ1) is 12.0. The van der Waals surface area contributed by atoms with Gasteiger partial charge in [-0.05, 0) is 58.6 Å². The number of primary amides is 1. The largest absolute Gasteiger partial charge is 0.444 e. The molecule has 0 radical (unpaired) electrons. The van der Waals surface area contributed by atoms with Crippen LogP contribution in [0.3, 0.4) is 0 Å². The maximum Gasteiger partial charge on any atom is 0.405 e. The van der Waals surface area contributed by atoms with E-state index in [-0.39, 0.29) is 6.32 Å². The van der Waals surface area contributed by atoms with Crippen molar-refractivity contribution in [3.05, 3.63) is 29.8 Å². The highest BCUT2D eigenvalue weighted by atomic mass is 32.2. The third-order valence-electron chi connectivity index (χ3n) is 3.90. The molecule has 0 aliphatic heterocycles. The lowest BCUT2D eigenvalue weighted by molar-refractivity contribution is 0.0600. The molecule has 1 fully saturated rings. The van der Waals surface area contributed by atoms with Gasteiger partial charge in [-0.3, -0.25) is 4.18 Å². The van der Waals surface area contributed by atoms with E-state index in [1.165, 1.54) is 19.3 Å². The summed E-state index contributed by atoms with van der Waals surface area (Å²) in [6, 6.07) is 6.78. The van der Waals surface area contributed by atoms with Gasteiger partial charge in [-0.1, -0.05) is 37.0 Å². The van der Waals surface area contributed by atoms with Gasteiger partial charge in [0.25, 0.3) is 10.1 Å². The van der Waals surface area contributed by atoms with Crippen LogP contribution in [0.15, 0.2) is 29.2 Å². The van der Waals surface area contributed by atoms with Crippen molar-refractivity contribution in [2.24, 2.45) is 11.7 Å². The van der Waals surface area contributed by atoms with Gasteiger partial charge < -0.3 is 10.5 Å². The molecule has 0 aromatic heterocycles. The number of aryl methyl sites for hydroxylation is 1. The molecule has 1 aromatic rings. The third-order valence-corrected chi connectivity index (χ3v) is 5.20. The van der Waals surface area contributed by atoms with Gasteiger partial charge in [-0.25, -0.2) is 4.79 Å². The van der Waals surface area contributed by atoms with E-state index in [1.54, 1.807) is 45.0 Å². The van der Waals surface area contributed by atoms with Crippen molar-refractivity contribution in [3.63, 3.8) is 0 Å². The van der Waals surface area contributed by atoms with E-state index < -0.39 is 21.8 Å². The molecule has 1 aliphatic rings. The Morgan fingerprint density at radius 2 is 1.69 bits per heavy atom. The molecular formula is C19H33NO5S. The van der Waals surface area contributed by atoms with Crippen molar-refractivity contribution >= 4 is 16.2 Å². The van der Waals surface area contributed by atoms with Gasteiger partial charge >= 0.3 is 6.09 Å². The van der Waals surface area contributed by atoms with Crippen molar-refractivity contribution in [1.82, 2.24) is 0 Å². The van der Waals surface area contributed by atoms with Crippen molar-refractivity contribution < 1.29 is 23.6 Å². The molecular weight excluding hydrogens is 354 g/mol. The second kappa shape index (κ2) is 9.92. The molecule has 0 bridgehead atoms. The van der Waals surface area contributed by atoms with Crippen LogP contribution in [-0.2, 0) is 19.0 Å². The van der Waals surface area contributed by atoms with E-state index in [0.717, 1.165) is 18.4 Å². The first-order valence-electron chi connectivity index (χ1n) is 8.94. The fourth-order valence-electron chi connectivity index (χ4n) is 2.61. The second-order valence-corrected chi connectivity index (χ2v) is 9.20. The fraction of sp³-hybridized carbons (Fsp3) is 0.632. The lowest BCUT2D eigenvalue weighted by Crippen LogP contribution is -2.27. The molecule has 1 amide bonds. The van der Waals surface area contributed by atoms with Crippen LogP contribution >= 0.6 is 0 Å². The molecule has 26 heavy (non-hydrogen) atoms. The highest BCUT2D eigenvalue weighted by Gasteiger charge is 2.20. The van der Waals surface area contributed by atoms with E-state index in [1.807, 2.05) is 6.92 Å². The minimum atomic E-state index is -3.58. The van der Waals surface area contributed by atoms with Crippen molar-refractivity contribution in [3.8, 4) is 0 Å². The molecule has 2 N–H and O–H groups in total. The Morgan fingerprint density at radius 1 is 1.15 bits per heavy atom. The van der Waals surface area contributed by atoms with Crippen LogP contribution in [0.4, 0.5) is 4.79 Å². The average Bonchev–Trinajstić information content (AvgIpc) is 2.53. The Morgan fingerprint density at radius 3 is 2.12 bits per heavy atom. The molecule has 0 spiro atoms. The molecule has 2 rings (SSSR count). The minimum absolute atomic E-state index is 0. The van der Waals surface area contributed by atoms with Gasteiger partial charge in [0.1, 0.15) is 5.60 Å². The molecule has 1 saturated carbocycles. The average molecular weight is 388 g/mol. The number of benzene rings is 1. The summed E-state index contributed by atoms with van der Waals surface area (Å²) in [7, 11) is -3.58. The summed E-state index contributed by atoms with van der Waals surface area (Å²) in [5.74, 6) is 0.402.